The van der Waals surface area contributed by atoms with Gasteiger partial charge in [0.15, 0.2) is 0 Å². The predicted octanol–water partition coefficient (Wildman–Crippen LogP) is 1.92. The fraction of sp³-hybridized carbons (Fsp3) is 0.438. The molecule has 1 fully saturated rings. The first-order valence-electron chi connectivity index (χ1n) is 7.57. The Hall–Kier alpha value is -1.50. The van der Waals surface area contributed by atoms with Gasteiger partial charge in [-0.1, -0.05) is 12.1 Å². The number of hydrogen-bond donors (Lipinski definition) is 1. The van der Waals surface area contributed by atoms with Gasteiger partial charge >= 0.3 is 0 Å². The first-order valence-corrected chi connectivity index (χ1v) is 9.01. The highest BCUT2D eigenvalue weighted by atomic mass is 32.2. The zero-order valence-corrected chi connectivity index (χ0v) is 13.7. The van der Waals surface area contributed by atoms with Crippen molar-refractivity contribution in [3.8, 4) is 0 Å². The molecule has 0 saturated carbocycles. The van der Waals surface area contributed by atoms with Crippen molar-refractivity contribution in [3.05, 3.63) is 36.2 Å². The van der Waals surface area contributed by atoms with Gasteiger partial charge in [0.2, 0.25) is 10.0 Å². The quantitative estimate of drug-likeness (QED) is 0.918. The van der Waals surface area contributed by atoms with Crippen LogP contribution in [0.5, 0.6) is 0 Å². The number of benzene rings is 1. The fourth-order valence-electron chi connectivity index (χ4n) is 2.95. The van der Waals surface area contributed by atoms with Gasteiger partial charge in [-0.05, 0) is 31.9 Å². The van der Waals surface area contributed by atoms with E-state index in [2.05, 4.69) is 17.2 Å². The lowest BCUT2D eigenvalue weighted by Crippen LogP contribution is -2.34. The minimum Gasteiger partial charge on any atom is -0.313 e. The molecule has 1 saturated heterocycles. The summed E-state index contributed by atoms with van der Waals surface area (Å²) in [6, 6.07) is 5.74. The molecule has 1 atom stereocenters. The molecule has 5 nitrogen and oxygen atoms in total. The largest absolute Gasteiger partial charge is 0.313 e. The highest BCUT2D eigenvalue weighted by Crippen LogP contribution is 2.28. The van der Waals surface area contributed by atoms with E-state index in [0.717, 1.165) is 22.8 Å². The summed E-state index contributed by atoms with van der Waals surface area (Å²) in [5, 5.41) is 4.97. The van der Waals surface area contributed by atoms with Crippen molar-refractivity contribution in [3.63, 3.8) is 0 Å². The lowest BCUT2D eigenvalue weighted by atomic mass is 10.1. The number of aryl methyl sites for hydroxylation is 1. The van der Waals surface area contributed by atoms with E-state index in [4.69, 9.17) is 0 Å². The second-order valence-corrected chi connectivity index (χ2v) is 7.76. The van der Waals surface area contributed by atoms with Crippen LogP contribution in [0.2, 0.25) is 0 Å². The van der Waals surface area contributed by atoms with Crippen molar-refractivity contribution < 1.29 is 8.42 Å². The predicted molar refractivity (Wildman–Crippen MR) is 87.3 cm³/mol. The Morgan fingerprint density at radius 2 is 2.09 bits per heavy atom. The molecule has 1 aliphatic rings. The maximum Gasteiger partial charge on any atom is 0.243 e. The van der Waals surface area contributed by atoms with Crippen LogP contribution in [0.1, 0.15) is 18.9 Å². The third-order valence-electron chi connectivity index (χ3n) is 4.22. The molecule has 0 aliphatic carbocycles. The number of nitrogens with zero attached hydrogens (tertiary/aromatic N) is 2. The van der Waals surface area contributed by atoms with E-state index in [1.807, 2.05) is 13.0 Å². The van der Waals surface area contributed by atoms with E-state index in [-0.39, 0.29) is 0 Å². The van der Waals surface area contributed by atoms with Gasteiger partial charge < -0.3 is 5.32 Å². The van der Waals surface area contributed by atoms with Crippen LogP contribution >= 0.6 is 0 Å². The number of aromatic nitrogens is 1. The second kappa shape index (κ2) is 5.95. The summed E-state index contributed by atoms with van der Waals surface area (Å²) < 4.78 is 27.8. The van der Waals surface area contributed by atoms with E-state index in [1.54, 1.807) is 28.8 Å². The first-order chi connectivity index (χ1) is 10.5. The monoisotopic (exact) mass is 319 g/mol. The summed E-state index contributed by atoms with van der Waals surface area (Å²) in [6.07, 6.45) is 4.26. The molecule has 1 aliphatic heterocycles. The summed E-state index contributed by atoms with van der Waals surface area (Å²) in [5.74, 6) is 0. The second-order valence-electron chi connectivity index (χ2n) is 5.86. The maximum atomic E-state index is 13.1. The lowest BCUT2D eigenvalue weighted by Gasteiger charge is -2.21. The van der Waals surface area contributed by atoms with E-state index in [1.165, 1.54) is 0 Å². The van der Waals surface area contributed by atoms with Gasteiger partial charge in [0, 0.05) is 48.8 Å². The van der Waals surface area contributed by atoms with Crippen molar-refractivity contribution in [1.29, 1.82) is 0 Å². The molecule has 22 heavy (non-hydrogen) atoms. The molecule has 0 spiro atoms. The van der Waals surface area contributed by atoms with Crippen molar-refractivity contribution in [2.24, 2.45) is 0 Å². The van der Waals surface area contributed by atoms with Gasteiger partial charge in [-0.3, -0.25) is 4.98 Å². The standard InChI is InChI=1S/C16H21N3O2S/c1-12-10-17-11-14-4-3-5-15(16(12)14)22(20,21)19-8-6-13(2)18-7-9-19/h3-5,10-11,13,18H,6-9H2,1-2H3/t13-/m1/s1. The summed E-state index contributed by atoms with van der Waals surface area (Å²) in [4.78, 5) is 4.54. The van der Waals surface area contributed by atoms with Crippen LogP contribution in [-0.4, -0.2) is 43.4 Å². The van der Waals surface area contributed by atoms with Gasteiger partial charge in [0.1, 0.15) is 0 Å². The summed E-state index contributed by atoms with van der Waals surface area (Å²) in [7, 11) is -3.49. The average molecular weight is 319 g/mol. The van der Waals surface area contributed by atoms with Crippen molar-refractivity contribution in [1.82, 2.24) is 14.6 Å². The van der Waals surface area contributed by atoms with Crippen LogP contribution in [0, 0.1) is 6.92 Å². The van der Waals surface area contributed by atoms with Gasteiger partial charge in [-0.15, -0.1) is 0 Å². The molecule has 118 valence electrons. The zero-order valence-electron chi connectivity index (χ0n) is 12.9. The third-order valence-corrected chi connectivity index (χ3v) is 6.16. The van der Waals surface area contributed by atoms with Gasteiger partial charge in [0.05, 0.1) is 4.90 Å². The molecule has 6 heteroatoms. The number of hydrogen-bond acceptors (Lipinski definition) is 4. The van der Waals surface area contributed by atoms with Crippen molar-refractivity contribution in [2.75, 3.05) is 19.6 Å². The Bertz CT molecular complexity index is 784. The Morgan fingerprint density at radius 1 is 1.27 bits per heavy atom. The van der Waals surface area contributed by atoms with Gasteiger partial charge in [-0.2, -0.15) is 4.31 Å². The topological polar surface area (TPSA) is 62.3 Å². The Kier molecular flexibility index (Phi) is 4.16. The van der Waals surface area contributed by atoms with Crippen LogP contribution < -0.4 is 5.32 Å². The molecule has 1 aromatic heterocycles. The molecule has 0 unspecified atom stereocenters. The Balaban J connectivity index is 2.09. The molecule has 0 radical (unpaired) electrons. The van der Waals surface area contributed by atoms with E-state index in [0.29, 0.717) is 30.6 Å². The number of pyridine rings is 1. The molecule has 0 bridgehead atoms. The summed E-state index contributed by atoms with van der Waals surface area (Å²) >= 11 is 0. The molecular weight excluding hydrogens is 298 g/mol. The fourth-order valence-corrected chi connectivity index (χ4v) is 4.70. The van der Waals surface area contributed by atoms with Gasteiger partial charge in [0.25, 0.3) is 0 Å². The van der Waals surface area contributed by atoms with Crippen LogP contribution in [0.15, 0.2) is 35.5 Å². The molecular formula is C16H21N3O2S. The molecule has 1 N–H and O–H groups in total. The average Bonchev–Trinajstić information content (AvgIpc) is 2.72. The van der Waals surface area contributed by atoms with Crippen molar-refractivity contribution >= 4 is 20.8 Å². The smallest absolute Gasteiger partial charge is 0.243 e. The van der Waals surface area contributed by atoms with Gasteiger partial charge in [-0.25, -0.2) is 8.42 Å². The highest BCUT2D eigenvalue weighted by molar-refractivity contribution is 7.89. The van der Waals surface area contributed by atoms with E-state index >= 15 is 0 Å². The number of nitrogens with one attached hydrogen (secondary N) is 1. The highest BCUT2D eigenvalue weighted by Gasteiger charge is 2.28. The Morgan fingerprint density at radius 3 is 2.91 bits per heavy atom. The molecule has 1 aromatic carbocycles. The maximum absolute atomic E-state index is 13.1. The molecule has 2 heterocycles. The number of rotatable bonds is 2. The minimum absolute atomic E-state index is 0.346. The molecule has 2 aromatic rings. The molecule has 3 rings (SSSR count). The Labute approximate surface area is 131 Å². The zero-order chi connectivity index (χ0) is 15.7. The van der Waals surface area contributed by atoms with E-state index in [9.17, 15) is 8.42 Å². The lowest BCUT2D eigenvalue weighted by molar-refractivity contribution is 0.429. The molecule has 0 amide bonds. The SMILES string of the molecule is Cc1cncc2cccc(S(=O)(=O)N3CCN[C@H](C)CC3)c12. The van der Waals surface area contributed by atoms with Crippen LogP contribution in [0.3, 0.4) is 0 Å². The van der Waals surface area contributed by atoms with E-state index < -0.39 is 10.0 Å². The number of sulfonamides is 1. The van der Waals surface area contributed by atoms with Crippen LogP contribution in [-0.2, 0) is 10.0 Å². The van der Waals surface area contributed by atoms with Crippen LogP contribution in [0.25, 0.3) is 10.8 Å². The van der Waals surface area contributed by atoms with Crippen LogP contribution in [0.4, 0.5) is 0 Å². The van der Waals surface area contributed by atoms with Crippen molar-refractivity contribution in [2.45, 2.75) is 31.2 Å². The normalized spacial score (nSPS) is 20.9. The number of fused-ring (bicyclic) bond motifs is 1. The third kappa shape index (κ3) is 2.74. The first kappa shape index (κ1) is 15.4. The summed E-state index contributed by atoms with van der Waals surface area (Å²) in [5.41, 5.74) is 0.887. The summed E-state index contributed by atoms with van der Waals surface area (Å²) in [6.45, 7) is 5.74. The minimum atomic E-state index is -3.49.